The molecule has 1 N–H and O–H groups in total. The summed E-state index contributed by atoms with van der Waals surface area (Å²) in [6.07, 6.45) is 1.87. The molecule has 0 radical (unpaired) electrons. The molecule has 5 heteroatoms. The van der Waals surface area contributed by atoms with Crippen molar-refractivity contribution in [2.75, 3.05) is 5.32 Å². The minimum absolute atomic E-state index is 0.140. The van der Waals surface area contributed by atoms with Gasteiger partial charge in [-0.2, -0.15) is 0 Å². The van der Waals surface area contributed by atoms with Gasteiger partial charge in [-0.05, 0) is 25.5 Å². The minimum Gasteiger partial charge on any atom is -0.366 e. The topological polar surface area (TPSA) is 50.7 Å². The van der Waals surface area contributed by atoms with Gasteiger partial charge in [0.1, 0.15) is 16.8 Å². The van der Waals surface area contributed by atoms with E-state index in [0.717, 1.165) is 28.5 Å². The lowest BCUT2D eigenvalue weighted by molar-refractivity contribution is 0.545. The number of pyridine rings is 1. The number of halogens is 1. The van der Waals surface area contributed by atoms with Gasteiger partial charge < -0.3 is 5.32 Å². The fourth-order valence-corrected chi connectivity index (χ4v) is 1.96. The second-order valence-electron chi connectivity index (χ2n) is 6.22. The van der Waals surface area contributed by atoms with Crippen LogP contribution in [0.15, 0.2) is 18.3 Å². The van der Waals surface area contributed by atoms with Crippen LogP contribution >= 0.6 is 11.6 Å². The molecule has 2 aromatic heterocycles. The highest BCUT2D eigenvalue weighted by Crippen LogP contribution is 2.26. The van der Waals surface area contributed by atoms with Crippen LogP contribution in [0.2, 0.25) is 5.15 Å². The Morgan fingerprint density at radius 2 is 1.86 bits per heavy atom. The van der Waals surface area contributed by atoms with Gasteiger partial charge in [-0.3, -0.25) is 4.98 Å². The molecule has 2 aromatic rings. The van der Waals surface area contributed by atoms with Gasteiger partial charge in [-0.1, -0.05) is 38.4 Å². The molecule has 0 saturated carbocycles. The first-order valence-corrected chi connectivity index (χ1v) is 7.35. The van der Waals surface area contributed by atoms with Crippen LogP contribution in [0.1, 0.15) is 43.4 Å². The highest BCUT2D eigenvalue weighted by atomic mass is 35.5. The van der Waals surface area contributed by atoms with Crippen molar-refractivity contribution in [3.8, 4) is 0 Å². The van der Waals surface area contributed by atoms with Crippen molar-refractivity contribution in [3.05, 3.63) is 46.1 Å². The van der Waals surface area contributed by atoms with E-state index in [-0.39, 0.29) is 5.41 Å². The molecule has 0 unspecified atom stereocenters. The summed E-state index contributed by atoms with van der Waals surface area (Å²) in [6, 6.07) is 4.05. The molecular formula is C16H21ClN4. The second-order valence-corrected chi connectivity index (χ2v) is 6.58. The number of anilines is 1. The zero-order chi connectivity index (χ0) is 15.6. The first kappa shape index (κ1) is 15.7. The van der Waals surface area contributed by atoms with Gasteiger partial charge in [0.05, 0.1) is 0 Å². The monoisotopic (exact) mass is 304 g/mol. The molecule has 0 bridgehead atoms. The SMILES string of the molecule is Cc1ccc(CNc2nc(C(C)(C)C)nc(Cl)c2C)cn1. The Morgan fingerprint density at radius 3 is 2.43 bits per heavy atom. The van der Waals surface area contributed by atoms with Gasteiger partial charge >= 0.3 is 0 Å². The quantitative estimate of drug-likeness (QED) is 0.869. The number of rotatable bonds is 3. The fraction of sp³-hybridized carbons (Fsp3) is 0.438. The molecule has 0 aliphatic carbocycles. The van der Waals surface area contributed by atoms with Crippen molar-refractivity contribution in [1.82, 2.24) is 15.0 Å². The molecule has 0 aliphatic heterocycles. The summed E-state index contributed by atoms with van der Waals surface area (Å²) in [5.41, 5.74) is 2.84. The van der Waals surface area contributed by atoms with E-state index in [4.69, 9.17) is 11.6 Å². The van der Waals surface area contributed by atoms with Crippen LogP contribution in [-0.2, 0) is 12.0 Å². The van der Waals surface area contributed by atoms with Crippen molar-refractivity contribution in [2.45, 2.75) is 46.6 Å². The average molecular weight is 305 g/mol. The van der Waals surface area contributed by atoms with Crippen LogP contribution < -0.4 is 5.32 Å². The predicted molar refractivity (Wildman–Crippen MR) is 86.8 cm³/mol. The summed E-state index contributed by atoms with van der Waals surface area (Å²) in [6.45, 7) is 10.8. The Balaban J connectivity index is 2.23. The smallest absolute Gasteiger partial charge is 0.137 e. The van der Waals surface area contributed by atoms with Crippen LogP contribution in [0.4, 0.5) is 5.82 Å². The summed E-state index contributed by atoms with van der Waals surface area (Å²) in [5.74, 6) is 1.52. The fourth-order valence-electron chi connectivity index (χ4n) is 1.79. The summed E-state index contributed by atoms with van der Waals surface area (Å²) >= 11 is 6.22. The molecule has 2 rings (SSSR count). The number of nitrogens with one attached hydrogen (secondary N) is 1. The maximum absolute atomic E-state index is 6.22. The largest absolute Gasteiger partial charge is 0.366 e. The normalized spacial score (nSPS) is 11.5. The molecule has 112 valence electrons. The highest BCUT2D eigenvalue weighted by molar-refractivity contribution is 6.30. The van der Waals surface area contributed by atoms with Gasteiger partial charge in [0, 0.05) is 29.4 Å². The maximum Gasteiger partial charge on any atom is 0.137 e. The Labute approximate surface area is 131 Å². The minimum atomic E-state index is -0.140. The van der Waals surface area contributed by atoms with Gasteiger partial charge in [0.25, 0.3) is 0 Å². The zero-order valence-corrected chi connectivity index (χ0v) is 13.9. The van der Waals surface area contributed by atoms with E-state index < -0.39 is 0 Å². The average Bonchev–Trinajstić information content (AvgIpc) is 2.41. The van der Waals surface area contributed by atoms with E-state index in [9.17, 15) is 0 Å². The number of nitrogens with zero attached hydrogens (tertiary/aromatic N) is 3. The third-order valence-corrected chi connectivity index (χ3v) is 3.56. The number of aromatic nitrogens is 3. The molecule has 4 nitrogen and oxygen atoms in total. The lowest BCUT2D eigenvalue weighted by Gasteiger charge is -2.19. The van der Waals surface area contributed by atoms with Crippen LogP contribution in [-0.4, -0.2) is 15.0 Å². The van der Waals surface area contributed by atoms with E-state index in [2.05, 4.69) is 47.1 Å². The zero-order valence-electron chi connectivity index (χ0n) is 13.2. The Morgan fingerprint density at radius 1 is 1.14 bits per heavy atom. The van der Waals surface area contributed by atoms with E-state index in [1.807, 2.05) is 26.1 Å². The van der Waals surface area contributed by atoms with Gasteiger partial charge in [0.2, 0.25) is 0 Å². The number of hydrogen-bond acceptors (Lipinski definition) is 4. The van der Waals surface area contributed by atoms with Crippen molar-refractivity contribution in [1.29, 1.82) is 0 Å². The molecule has 0 aliphatic rings. The van der Waals surface area contributed by atoms with Crippen molar-refractivity contribution in [2.24, 2.45) is 0 Å². The molecule has 0 saturated heterocycles. The van der Waals surface area contributed by atoms with E-state index in [1.54, 1.807) is 0 Å². The van der Waals surface area contributed by atoms with Crippen LogP contribution in [0.3, 0.4) is 0 Å². The standard InChI is InChI=1S/C16H21ClN4/c1-10-6-7-12(8-18-10)9-19-14-11(2)13(17)20-15(21-14)16(3,4)5/h6-8H,9H2,1-5H3,(H,19,20,21). The summed E-state index contributed by atoms with van der Waals surface area (Å²) in [4.78, 5) is 13.3. The van der Waals surface area contributed by atoms with Crippen LogP contribution in [0, 0.1) is 13.8 Å². The lowest BCUT2D eigenvalue weighted by atomic mass is 9.95. The van der Waals surface area contributed by atoms with Crippen molar-refractivity contribution < 1.29 is 0 Å². The van der Waals surface area contributed by atoms with Crippen molar-refractivity contribution >= 4 is 17.4 Å². The lowest BCUT2D eigenvalue weighted by Crippen LogP contribution is -2.18. The first-order chi connectivity index (χ1) is 9.77. The van der Waals surface area contributed by atoms with Gasteiger partial charge in [-0.25, -0.2) is 9.97 Å². The van der Waals surface area contributed by atoms with Gasteiger partial charge in [0.15, 0.2) is 0 Å². The molecule has 0 aromatic carbocycles. The molecule has 0 fully saturated rings. The van der Waals surface area contributed by atoms with Crippen LogP contribution in [0.5, 0.6) is 0 Å². The molecule has 0 spiro atoms. The summed E-state index contributed by atoms with van der Waals surface area (Å²) in [7, 11) is 0. The van der Waals surface area contributed by atoms with Crippen molar-refractivity contribution in [3.63, 3.8) is 0 Å². The Hall–Kier alpha value is -1.68. The third-order valence-electron chi connectivity index (χ3n) is 3.19. The van der Waals surface area contributed by atoms with Crippen LogP contribution in [0.25, 0.3) is 0 Å². The summed E-state index contributed by atoms with van der Waals surface area (Å²) < 4.78 is 0. The van der Waals surface area contributed by atoms with E-state index in [0.29, 0.717) is 11.7 Å². The first-order valence-electron chi connectivity index (χ1n) is 6.97. The second kappa shape index (κ2) is 5.98. The Kier molecular flexibility index (Phi) is 4.47. The third kappa shape index (κ3) is 3.91. The summed E-state index contributed by atoms with van der Waals surface area (Å²) in [5, 5.41) is 3.83. The maximum atomic E-state index is 6.22. The number of aryl methyl sites for hydroxylation is 1. The molecule has 0 atom stereocenters. The number of hydrogen-bond donors (Lipinski definition) is 1. The van der Waals surface area contributed by atoms with E-state index >= 15 is 0 Å². The van der Waals surface area contributed by atoms with Gasteiger partial charge in [-0.15, -0.1) is 0 Å². The Bertz CT molecular complexity index is 630. The molecule has 2 heterocycles. The highest BCUT2D eigenvalue weighted by Gasteiger charge is 2.20. The predicted octanol–water partition coefficient (Wildman–Crippen LogP) is 4.05. The van der Waals surface area contributed by atoms with E-state index in [1.165, 1.54) is 0 Å². The molecule has 21 heavy (non-hydrogen) atoms. The molecule has 0 amide bonds. The molecular weight excluding hydrogens is 284 g/mol.